The second-order valence-corrected chi connectivity index (χ2v) is 6.12. The molecule has 1 fully saturated rings. The Morgan fingerprint density at radius 2 is 1.90 bits per heavy atom. The Balaban J connectivity index is 1.76. The predicted molar refractivity (Wildman–Crippen MR) is 84.3 cm³/mol. The fourth-order valence-electron chi connectivity index (χ4n) is 2.94. The van der Waals surface area contributed by atoms with Crippen LogP contribution >= 0.6 is 11.6 Å². The molecule has 0 atom stereocenters. The molecular formula is C17H15ClN2O. The summed E-state index contributed by atoms with van der Waals surface area (Å²) in [5.41, 5.74) is 4.21. The lowest BCUT2D eigenvalue weighted by Crippen LogP contribution is -2.33. The molecule has 0 spiro atoms. The lowest BCUT2D eigenvalue weighted by atomic mass is 9.75. The molecule has 0 amide bonds. The summed E-state index contributed by atoms with van der Waals surface area (Å²) in [4.78, 5) is 7.33. The molecule has 0 aliphatic heterocycles. The van der Waals surface area contributed by atoms with E-state index in [4.69, 9.17) is 11.6 Å². The van der Waals surface area contributed by atoms with Gasteiger partial charge < -0.3 is 10.1 Å². The monoisotopic (exact) mass is 298 g/mol. The second kappa shape index (κ2) is 4.58. The van der Waals surface area contributed by atoms with E-state index in [-0.39, 0.29) is 0 Å². The number of aromatic nitrogens is 2. The van der Waals surface area contributed by atoms with Gasteiger partial charge in [-0.2, -0.15) is 0 Å². The van der Waals surface area contributed by atoms with Gasteiger partial charge in [-0.05, 0) is 42.5 Å². The standard InChI is InChI=1S/C17H15ClN2O/c18-14-9-16-15(19-10-20-16)8-13(14)11-2-4-12(5-3-11)17(21)6-1-7-17/h2-5,8-10,21H,1,6-7H2,(H,19,20). The van der Waals surface area contributed by atoms with Crippen LogP contribution in [0.5, 0.6) is 0 Å². The first-order chi connectivity index (χ1) is 10.2. The van der Waals surface area contributed by atoms with Gasteiger partial charge in [0.2, 0.25) is 0 Å². The third kappa shape index (κ3) is 2.04. The zero-order valence-corrected chi connectivity index (χ0v) is 12.2. The largest absolute Gasteiger partial charge is 0.385 e. The van der Waals surface area contributed by atoms with Gasteiger partial charge >= 0.3 is 0 Å². The summed E-state index contributed by atoms with van der Waals surface area (Å²) in [6.07, 6.45) is 4.47. The van der Waals surface area contributed by atoms with E-state index in [2.05, 4.69) is 9.97 Å². The number of aliphatic hydroxyl groups is 1. The number of rotatable bonds is 2. The highest BCUT2D eigenvalue weighted by Gasteiger charge is 2.35. The van der Waals surface area contributed by atoms with Crippen molar-refractivity contribution in [2.45, 2.75) is 24.9 Å². The summed E-state index contributed by atoms with van der Waals surface area (Å²) in [5.74, 6) is 0. The van der Waals surface area contributed by atoms with Gasteiger partial charge in [-0.15, -0.1) is 0 Å². The van der Waals surface area contributed by atoms with Crippen LogP contribution in [0, 0.1) is 0 Å². The van der Waals surface area contributed by atoms with Crippen molar-refractivity contribution < 1.29 is 5.11 Å². The van der Waals surface area contributed by atoms with E-state index in [1.54, 1.807) is 6.33 Å². The zero-order valence-electron chi connectivity index (χ0n) is 11.4. The highest BCUT2D eigenvalue weighted by atomic mass is 35.5. The van der Waals surface area contributed by atoms with Gasteiger partial charge in [0.25, 0.3) is 0 Å². The van der Waals surface area contributed by atoms with Crippen LogP contribution in [0.15, 0.2) is 42.7 Å². The third-order valence-corrected chi connectivity index (χ3v) is 4.74. The van der Waals surface area contributed by atoms with Gasteiger partial charge in [0, 0.05) is 5.56 Å². The highest BCUT2D eigenvalue weighted by molar-refractivity contribution is 6.34. The minimum atomic E-state index is -0.617. The first-order valence-electron chi connectivity index (χ1n) is 7.12. The van der Waals surface area contributed by atoms with E-state index in [0.717, 1.165) is 47.0 Å². The van der Waals surface area contributed by atoms with Gasteiger partial charge in [0.15, 0.2) is 0 Å². The number of H-pyrrole nitrogens is 1. The SMILES string of the molecule is OC1(c2ccc(-c3cc4nc[nH]c4cc3Cl)cc2)CCC1. The maximum Gasteiger partial charge on any atom is 0.0931 e. The van der Waals surface area contributed by atoms with Gasteiger partial charge in [0.1, 0.15) is 0 Å². The molecule has 1 heterocycles. The molecule has 1 aromatic heterocycles. The van der Waals surface area contributed by atoms with Gasteiger partial charge in [-0.1, -0.05) is 35.9 Å². The van der Waals surface area contributed by atoms with Crippen molar-refractivity contribution in [1.29, 1.82) is 0 Å². The minimum Gasteiger partial charge on any atom is -0.385 e. The number of imidazole rings is 1. The quantitative estimate of drug-likeness (QED) is 0.743. The fraction of sp³-hybridized carbons (Fsp3) is 0.235. The topological polar surface area (TPSA) is 48.9 Å². The highest BCUT2D eigenvalue weighted by Crippen LogP contribution is 2.41. The van der Waals surface area contributed by atoms with Gasteiger partial charge in [-0.25, -0.2) is 4.98 Å². The normalized spacial score (nSPS) is 16.9. The average Bonchev–Trinajstić information content (AvgIpc) is 2.91. The molecule has 3 nitrogen and oxygen atoms in total. The van der Waals surface area contributed by atoms with Crippen LogP contribution in [0.4, 0.5) is 0 Å². The molecule has 1 aliphatic carbocycles. The number of hydrogen-bond acceptors (Lipinski definition) is 2. The number of nitrogens with one attached hydrogen (secondary N) is 1. The van der Waals surface area contributed by atoms with Gasteiger partial charge in [-0.3, -0.25) is 0 Å². The Labute approximate surface area is 127 Å². The first kappa shape index (κ1) is 12.9. The van der Waals surface area contributed by atoms with Crippen molar-refractivity contribution in [3.63, 3.8) is 0 Å². The maximum absolute atomic E-state index is 10.4. The van der Waals surface area contributed by atoms with Crippen molar-refractivity contribution in [2.24, 2.45) is 0 Å². The first-order valence-corrected chi connectivity index (χ1v) is 7.49. The molecule has 1 saturated carbocycles. The van der Waals surface area contributed by atoms with Crippen molar-refractivity contribution >= 4 is 22.6 Å². The van der Waals surface area contributed by atoms with E-state index >= 15 is 0 Å². The number of nitrogens with zero attached hydrogens (tertiary/aromatic N) is 1. The molecule has 2 aromatic carbocycles. The Kier molecular flexibility index (Phi) is 2.81. The maximum atomic E-state index is 10.4. The van der Waals surface area contributed by atoms with Crippen LogP contribution in [0.3, 0.4) is 0 Å². The molecule has 0 unspecified atom stereocenters. The van der Waals surface area contributed by atoms with Gasteiger partial charge in [0.05, 0.1) is 28.0 Å². The van der Waals surface area contributed by atoms with Crippen molar-refractivity contribution in [3.05, 3.63) is 53.3 Å². The molecule has 4 heteroatoms. The zero-order chi connectivity index (χ0) is 14.4. The molecule has 2 N–H and O–H groups in total. The van der Waals surface area contributed by atoms with Crippen LogP contribution in [-0.4, -0.2) is 15.1 Å². The fourth-order valence-corrected chi connectivity index (χ4v) is 3.21. The summed E-state index contributed by atoms with van der Waals surface area (Å²) >= 11 is 6.37. The lowest BCUT2D eigenvalue weighted by Gasteiger charge is -2.37. The van der Waals surface area contributed by atoms with E-state index in [0.29, 0.717) is 5.02 Å². The van der Waals surface area contributed by atoms with E-state index in [9.17, 15) is 5.11 Å². The Hall–Kier alpha value is -1.84. The van der Waals surface area contributed by atoms with Crippen molar-refractivity contribution in [1.82, 2.24) is 9.97 Å². The van der Waals surface area contributed by atoms with Crippen LogP contribution in [-0.2, 0) is 5.60 Å². The molecule has 0 radical (unpaired) electrons. The molecule has 3 aromatic rings. The Morgan fingerprint density at radius 3 is 2.57 bits per heavy atom. The van der Waals surface area contributed by atoms with Crippen LogP contribution in [0.2, 0.25) is 5.02 Å². The number of aromatic amines is 1. The molecule has 106 valence electrons. The lowest BCUT2D eigenvalue weighted by molar-refractivity contribution is -0.0387. The molecule has 21 heavy (non-hydrogen) atoms. The molecular weight excluding hydrogens is 284 g/mol. The van der Waals surface area contributed by atoms with Crippen LogP contribution < -0.4 is 0 Å². The van der Waals surface area contributed by atoms with Crippen LogP contribution in [0.25, 0.3) is 22.2 Å². The number of fused-ring (bicyclic) bond motifs is 1. The third-order valence-electron chi connectivity index (χ3n) is 4.42. The second-order valence-electron chi connectivity index (χ2n) is 5.71. The van der Waals surface area contributed by atoms with E-state index < -0.39 is 5.60 Å². The van der Waals surface area contributed by atoms with Crippen LogP contribution in [0.1, 0.15) is 24.8 Å². The number of halogens is 1. The number of hydrogen-bond donors (Lipinski definition) is 2. The molecule has 1 aliphatic rings. The van der Waals surface area contributed by atoms with E-state index in [1.165, 1.54) is 0 Å². The van der Waals surface area contributed by atoms with Crippen molar-refractivity contribution in [3.8, 4) is 11.1 Å². The molecule has 4 rings (SSSR count). The molecule has 0 bridgehead atoms. The summed E-state index contributed by atoms with van der Waals surface area (Å²) in [6.45, 7) is 0. The Bertz CT molecular complexity index is 803. The number of benzene rings is 2. The van der Waals surface area contributed by atoms with Crippen molar-refractivity contribution in [2.75, 3.05) is 0 Å². The summed E-state index contributed by atoms with van der Waals surface area (Å²) in [7, 11) is 0. The average molecular weight is 299 g/mol. The summed E-state index contributed by atoms with van der Waals surface area (Å²) < 4.78 is 0. The van der Waals surface area contributed by atoms with E-state index in [1.807, 2.05) is 36.4 Å². The molecule has 0 saturated heterocycles. The predicted octanol–water partition coefficient (Wildman–Crippen LogP) is 4.25. The Morgan fingerprint density at radius 1 is 1.14 bits per heavy atom. The summed E-state index contributed by atoms with van der Waals surface area (Å²) in [6, 6.07) is 11.9. The summed E-state index contributed by atoms with van der Waals surface area (Å²) in [5, 5.41) is 11.1. The minimum absolute atomic E-state index is 0.617. The smallest absolute Gasteiger partial charge is 0.0931 e.